The van der Waals surface area contributed by atoms with Gasteiger partial charge in [-0.1, -0.05) is 18.2 Å². The van der Waals surface area contributed by atoms with Crippen LogP contribution in [0.4, 0.5) is 34.1 Å². The first-order valence-corrected chi connectivity index (χ1v) is 13.4. The summed E-state index contributed by atoms with van der Waals surface area (Å²) >= 11 is 0. The number of aromatic nitrogens is 1. The highest BCUT2D eigenvalue weighted by Crippen LogP contribution is 2.49. The van der Waals surface area contributed by atoms with Gasteiger partial charge in [0.2, 0.25) is 0 Å². The number of aryl methyl sites for hydroxylation is 1. The van der Waals surface area contributed by atoms with E-state index in [-0.39, 0.29) is 36.8 Å². The topological polar surface area (TPSA) is 111 Å². The maximum Gasteiger partial charge on any atom is 0.416 e. The number of halogens is 3. The molecule has 2 heterocycles. The molecule has 42 heavy (non-hydrogen) atoms. The second-order valence-electron chi connectivity index (χ2n) is 10.8. The Balaban J connectivity index is 1.79. The largest absolute Gasteiger partial charge is 0.494 e. The zero-order valence-corrected chi connectivity index (χ0v) is 23.7. The fourth-order valence-corrected chi connectivity index (χ4v) is 4.86. The van der Waals surface area contributed by atoms with Gasteiger partial charge in [-0.15, -0.1) is 0 Å². The number of carbonyl (C=O) groups is 2. The Hall–Kier alpha value is -4.66. The SMILES string of the molecule is CCn1cc2c(c1O)[C@@H](c1ccc(C#N)cc1)N(CCCNC(=O)OC(C)(C)C)C(=O)N2c1cccc(C(F)(F)F)c1. The molecule has 222 valence electrons. The summed E-state index contributed by atoms with van der Waals surface area (Å²) in [5.41, 5.74) is -0.0590. The third kappa shape index (κ3) is 6.30. The van der Waals surface area contributed by atoms with Crippen LogP contribution in [-0.4, -0.2) is 45.4 Å². The zero-order valence-electron chi connectivity index (χ0n) is 23.7. The van der Waals surface area contributed by atoms with Crippen LogP contribution in [0.15, 0.2) is 54.7 Å². The Morgan fingerprint density at radius 3 is 2.43 bits per heavy atom. The van der Waals surface area contributed by atoms with E-state index in [1.165, 1.54) is 21.6 Å². The van der Waals surface area contributed by atoms with Crippen LogP contribution in [0, 0.1) is 11.3 Å². The van der Waals surface area contributed by atoms with Gasteiger partial charge in [0.05, 0.1) is 40.2 Å². The average Bonchev–Trinajstić information content (AvgIpc) is 3.25. The van der Waals surface area contributed by atoms with Crippen molar-refractivity contribution in [2.24, 2.45) is 0 Å². The smallest absolute Gasteiger partial charge is 0.416 e. The van der Waals surface area contributed by atoms with Crippen LogP contribution in [0.25, 0.3) is 0 Å². The van der Waals surface area contributed by atoms with E-state index in [0.717, 1.165) is 17.0 Å². The lowest BCUT2D eigenvalue weighted by Crippen LogP contribution is -2.48. The van der Waals surface area contributed by atoms with E-state index in [4.69, 9.17) is 4.74 Å². The van der Waals surface area contributed by atoms with Crippen molar-refractivity contribution in [1.29, 1.82) is 5.26 Å². The molecule has 3 aromatic rings. The van der Waals surface area contributed by atoms with Gasteiger partial charge in [-0.25, -0.2) is 9.59 Å². The van der Waals surface area contributed by atoms with Crippen LogP contribution in [0.3, 0.4) is 0 Å². The summed E-state index contributed by atoms with van der Waals surface area (Å²) in [6.45, 7) is 7.55. The number of amides is 3. The molecule has 1 atom stereocenters. The molecule has 0 unspecified atom stereocenters. The van der Waals surface area contributed by atoms with Gasteiger partial charge in [0.1, 0.15) is 5.60 Å². The Labute approximate surface area is 241 Å². The van der Waals surface area contributed by atoms with Crippen molar-refractivity contribution in [3.63, 3.8) is 0 Å². The van der Waals surface area contributed by atoms with Crippen LogP contribution in [-0.2, 0) is 17.5 Å². The van der Waals surface area contributed by atoms with E-state index in [1.807, 2.05) is 6.07 Å². The van der Waals surface area contributed by atoms with E-state index >= 15 is 0 Å². The Morgan fingerprint density at radius 1 is 1.14 bits per heavy atom. The molecule has 9 nitrogen and oxygen atoms in total. The minimum Gasteiger partial charge on any atom is -0.494 e. The standard InChI is InChI=1S/C30H32F3N5O4/c1-5-36-18-23-24(26(36)39)25(20-12-10-19(17-34)11-13-20)37(15-7-14-35-27(40)42-29(2,3)4)28(41)38(23)22-9-6-8-21(16-22)30(31,32)33/h6,8-13,16,18,25,39H,5,7,14-15H2,1-4H3,(H,35,40)/t25-/m1/s1. The summed E-state index contributed by atoms with van der Waals surface area (Å²) in [5.74, 6) is -0.136. The molecular weight excluding hydrogens is 551 g/mol. The number of alkyl carbamates (subject to hydrolysis) is 1. The fraction of sp³-hybridized carbons (Fsp3) is 0.367. The van der Waals surface area contributed by atoms with Crippen LogP contribution in [0.1, 0.15) is 62.4 Å². The molecule has 0 saturated carbocycles. The molecular formula is C30H32F3N5O4. The predicted molar refractivity (Wildman–Crippen MR) is 149 cm³/mol. The summed E-state index contributed by atoms with van der Waals surface area (Å²) in [5, 5.41) is 23.2. The number of hydrogen-bond donors (Lipinski definition) is 2. The number of rotatable bonds is 7. The van der Waals surface area contributed by atoms with E-state index in [9.17, 15) is 33.1 Å². The number of fused-ring (bicyclic) bond motifs is 1. The third-order valence-corrected chi connectivity index (χ3v) is 6.70. The number of nitrogens with zero attached hydrogens (tertiary/aromatic N) is 4. The number of nitriles is 1. The highest BCUT2D eigenvalue weighted by molar-refractivity contribution is 6.03. The molecule has 2 aromatic carbocycles. The van der Waals surface area contributed by atoms with Crippen molar-refractivity contribution >= 4 is 23.5 Å². The second-order valence-corrected chi connectivity index (χ2v) is 10.8. The number of nitrogens with one attached hydrogen (secondary N) is 1. The van der Waals surface area contributed by atoms with Gasteiger partial charge in [-0.3, -0.25) is 4.90 Å². The van der Waals surface area contributed by atoms with Gasteiger partial charge in [-0.2, -0.15) is 18.4 Å². The second kappa shape index (κ2) is 11.7. The first-order chi connectivity index (χ1) is 19.7. The van der Waals surface area contributed by atoms with Crippen molar-refractivity contribution in [3.05, 3.63) is 77.0 Å². The molecule has 12 heteroatoms. The fourth-order valence-electron chi connectivity index (χ4n) is 4.86. The van der Waals surface area contributed by atoms with Crippen molar-refractivity contribution in [1.82, 2.24) is 14.8 Å². The van der Waals surface area contributed by atoms with Gasteiger partial charge in [0.25, 0.3) is 0 Å². The van der Waals surface area contributed by atoms with Crippen molar-refractivity contribution in [2.45, 2.75) is 58.5 Å². The lowest BCUT2D eigenvalue weighted by molar-refractivity contribution is -0.137. The van der Waals surface area contributed by atoms with Crippen LogP contribution < -0.4 is 10.2 Å². The highest BCUT2D eigenvalue weighted by atomic mass is 19.4. The van der Waals surface area contributed by atoms with Crippen molar-refractivity contribution in [2.75, 3.05) is 18.0 Å². The number of benzene rings is 2. The summed E-state index contributed by atoms with van der Waals surface area (Å²) < 4.78 is 47.6. The summed E-state index contributed by atoms with van der Waals surface area (Å²) in [6.07, 6.45) is -3.44. The zero-order chi connectivity index (χ0) is 30.8. The lowest BCUT2D eigenvalue weighted by Gasteiger charge is -2.41. The minimum atomic E-state index is -4.63. The van der Waals surface area contributed by atoms with Gasteiger partial charge < -0.3 is 24.6 Å². The van der Waals surface area contributed by atoms with E-state index in [2.05, 4.69) is 5.32 Å². The van der Waals surface area contributed by atoms with Crippen LogP contribution >= 0.6 is 0 Å². The summed E-state index contributed by atoms with van der Waals surface area (Å²) in [4.78, 5) is 28.9. The van der Waals surface area contributed by atoms with Gasteiger partial charge in [-0.05, 0) is 70.0 Å². The van der Waals surface area contributed by atoms with E-state index in [1.54, 1.807) is 58.2 Å². The molecule has 1 aliphatic heterocycles. The number of carbonyl (C=O) groups excluding carboxylic acids is 2. The van der Waals surface area contributed by atoms with Gasteiger partial charge >= 0.3 is 18.3 Å². The first kappa shape index (κ1) is 30.3. The monoisotopic (exact) mass is 583 g/mol. The lowest BCUT2D eigenvalue weighted by atomic mass is 9.94. The number of alkyl halides is 3. The van der Waals surface area contributed by atoms with Crippen LogP contribution in [0.5, 0.6) is 5.88 Å². The molecule has 0 aliphatic carbocycles. The predicted octanol–water partition coefficient (Wildman–Crippen LogP) is 6.68. The average molecular weight is 584 g/mol. The quantitative estimate of drug-likeness (QED) is 0.302. The Morgan fingerprint density at radius 2 is 1.83 bits per heavy atom. The third-order valence-electron chi connectivity index (χ3n) is 6.70. The molecule has 2 N–H and O–H groups in total. The Kier molecular flexibility index (Phi) is 8.43. The van der Waals surface area contributed by atoms with E-state index < -0.39 is 35.5 Å². The number of hydrogen-bond acceptors (Lipinski definition) is 5. The molecule has 4 rings (SSSR count). The Bertz CT molecular complexity index is 1500. The number of aromatic hydroxyl groups is 1. The number of anilines is 2. The summed E-state index contributed by atoms with van der Waals surface area (Å²) in [6, 6.07) is 11.6. The minimum absolute atomic E-state index is 0.0144. The first-order valence-electron chi connectivity index (χ1n) is 13.4. The molecule has 3 amide bonds. The van der Waals surface area contributed by atoms with Gasteiger partial charge in [0.15, 0.2) is 5.88 Å². The molecule has 1 aromatic heterocycles. The maximum atomic E-state index is 14.2. The molecule has 0 bridgehead atoms. The van der Waals surface area contributed by atoms with Gasteiger partial charge in [0, 0.05) is 25.8 Å². The molecule has 0 fully saturated rings. The highest BCUT2D eigenvalue weighted by Gasteiger charge is 2.43. The normalized spacial score (nSPS) is 15.3. The maximum absolute atomic E-state index is 14.2. The van der Waals surface area contributed by atoms with Crippen molar-refractivity contribution < 1.29 is 32.6 Å². The number of ether oxygens (including phenoxy) is 1. The summed E-state index contributed by atoms with van der Waals surface area (Å²) in [7, 11) is 0. The molecule has 0 saturated heterocycles. The molecule has 1 aliphatic rings. The van der Waals surface area contributed by atoms with Crippen molar-refractivity contribution in [3.8, 4) is 11.9 Å². The van der Waals surface area contributed by atoms with E-state index in [0.29, 0.717) is 23.2 Å². The van der Waals surface area contributed by atoms with Crippen LogP contribution in [0.2, 0.25) is 0 Å². The number of urea groups is 1. The molecule has 0 radical (unpaired) electrons. The molecule has 0 spiro atoms.